The third-order valence-corrected chi connectivity index (χ3v) is 10.0. The number of anilines is 2. The Kier molecular flexibility index (Phi) is 9.46. The molecule has 0 bridgehead atoms. The van der Waals surface area contributed by atoms with Crippen LogP contribution in [0.15, 0.2) is 42.5 Å². The highest BCUT2D eigenvalue weighted by Crippen LogP contribution is 2.36. The number of hydrogen-bond acceptors (Lipinski definition) is 8. The molecular formula is C28H34ClF3N6O5S2. The van der Waals surface area contributed by atoms with Crippen LogP contribution in [-0.2, 0) is 45.7 Å². The van der Waals surface area contributed by atoms with Gasteiger partial charge in [0.15, 0.2) is 0 Å². The summed E-state index contributed by atoms with van der Waals surface area (Å²) in [7, 11) is -7.04. The van der Waals surface area contributed by atoms with E-state index < -0.39 is 37.9 Å². The number of hydrogen-bond donors (Lipinski definition) is 2. The first-order valence-corrected chi connectivity index (χ1v) is 18.2. The number of β-amino-alcohol motifs (C(OH)–C–C–N with tert-alkyl or cyclic N) is 1. The Hall–Kier alpha value is -2.89. The number of rotatable bonds is 9. The van der Waals surface area contributed by atoms with Crippen molar-refractivity contribution in [2.75, 3.05) is 61.4 Å². The molecule has 2 N–H and O–H groups in total. The Labute approximate surface area is 265 Å². The molecule has 0 aliphatic carbocycles. The van der Waals surface area contributed by atoms with E-state index in [0.717, 1.165) is 30.3 Å². The molecule has 2 aliphatic rings. The van der Waals surface area contributed by atoms with E-state index in [1.54, 1.807) is 22.9 Å². The smallest absolute Gasteiger partial charge is 0.390 e. The van der Waals surface area contributed by atoms with E-state index >= 15 is 0 Å². The zero-order valence-corrected chi connectivity index (χ0v) is 27.0. The van der Waals surface area contributed by atoms with Crippen LogP contribution in [0.3, 0.4) is 0 Å². The molecule has 45 heavy (non-hydrogen) atoms. The van der Waals surface area contributed by atoms with Crippen LogP contribution in [0.5, 0.6) is 0 Å². The summed E-state index contributed by atoms with van der Waals surface area (Å²) >= 11 is 6.44. The number of benzene rings is 2. The largest absolute Gasteiger partial charge is 0.416 e. The molecule has 0 saturated carbocycles. The van der Waals surface area contributed by atoms with Crippen molar-refractivity contribution in [1.29, 1.82) is 0 Å². The Balaban J connectivity index is 1.30. The van der Waals surface area contributed by atoms with Crippen LogP contribution in [0.1, 0.15) is 16.8 Å². The third kappa shape index (κ3) is 7.92. The summed E-state index contributed by atoms with van der Waals surface area (Å²) < 4.78 is 93.3. The fourth-order valence-electron chi connectivity index (χ4n) is 5.78. The Morgan fingerprint density at radius 3 is 2.24 bits per heavy atom. The minimum absolute atomic E-state index is 0.0286. The normalized spacial score (nSPS) is 17.7. The van der Waals surface area contributed by atoms with Crippen LogP contribution in [0.4, 0.5) is 24.5 Å². The highest BCUT2D eigenvalue weighted by molar-refractivity contribution is 7.92. The number of halogens is 4. The van der Waals surface area contributed by atoms with Gasteiger partial charge in [-0.1, -0.05) is 29.8 Å². The van der Waals surface area contributed by atoms with Gasteiger partial charge in [-0.05, 0) is 24.3 Å². The number of nitrogens with one attached hydrogen (secondary N) is 1. The number of aliphatic hydroxyl groups excluding tert-OH is 1. The number of aromatic nitrogens is 2. The molecule has 2 aliphatic heterocycles. The Bertz CT molecular complexity index is 1760. The van der Waals surface area contributed by atoms with Crippen LogP contribution < -0.4 is 9.62 Å². The monoisotopic (exact) mass is 690 g/mol. The van der Waals surface area contributed by atoms with E-state index in [9.17, 15) is 35.1 Å². The summed E-state index contributed by atoms with van der Waals surface area (Å²) in [6.45, 7) is 2.87. The van der Waals surface area contributed by atoms with E-state index in [0.29, 0.717) is 72.4 Å². The zero-order chi connectivity index (χ0) is 32.7. The number of fused-ring (bicyclic) bond motifs is 1. The van der Waals surface area contributed by atoms with Crippen molar-refractivity contribution in [3.63, 3.8) is 0 Å². The number of piperazine rings is 1. The standard InChI is InChI=1S/C28H34ClF3N6O5S2/c1-44(40,41)34-24-5-3-4-23(29)27(24)36-14-12-35(13-15-36)16-21(39)17-38-25-10-11-37(45(2,42)43)18-22(25)26(33-38)19-6-8-20(9-7-19)28(30,31)32/h3-9,21,34,39H,10-18H2,1-2H3. The maximum absolute atomic E-state index is 13.2. The topological polar surface area (TPSA) is 128 Å². The average molecular weight is 691 g/mol. The molecule has 3 aromatic rings. The number of sulfonamides is 2. The molecular weight excluding hydrogens is 657 g/mol. The molecule has 1 atom stereocenters. The van der Waals surface area contributed by atoms with Gasteiger partial charge < -0.3 is 10.0 Å². The van der Waals surface area contributed by atoms with Gasteiger partial charge in [-0.15, -0.1) is 0 Å². The predicted molar refractivity (Wildman–Crippen MR) is 166 cm³/mol. The van der Waals surface area contributed by atoms with Gasteiger partial charge in [0.2, 0.25) is 20.0 Å². The van der Waals surface area contributed by atoms with E-state index in [2.05, 4.69) is 14.7 Å². The van der Waals surface area contributed by atoms with Crippen LogP contribution in [0, 0.1) is 0 Å². The van der Waals surface area contributed by atoms with Gasteiger partial charge in [-0.3, -0.25) is 14.3 Å². The zero-order valence-electron chi connectivity index (χ0n) is 24.6. The van der Waals surface area contributed by atoms with E-state index in [1.165, 1.54) is 16.4 Å². The lowest BCUT2D eigenvalue weighted by Gasteiger charge is -2.38. The summed E-state index contributed by atoms with van der Waals surface area (Å²) in [5.41, 5.74) is 2.32. The second kappa shape index (κ2) is 12.7. The maximum Gasteiger partial charge on any atom is 0.416 e. The molecule has 1 unspecified atom stereocenters. The van der Waals surface area contributed by atoms with Crippen LogP contribution in [-0.4, -0.2) is 98.8 Å². The Morgan fingerprint density at radius 2 is 1.64 bits per heavy atom. The highest BCUT2D eigenvalue weighted by atomic mass is 35.5. The van der Waals surface area contributed by atoms with Crippen molar-refractivity contribution < 1.29 is 35.1 Å². The average Bonchev–Trinajstić information content (AvgIpc) is 3.29. The van der Waals surface area contributed by atoms with Crippen LogP contribution in [0.25, 0.3) is 11.3 Å². The molecule has 5 rings (SSSR count). The molecule has 11 nitrogen and oxygen atoms in total. The van der Waals surface area contributed by atoms with Crippen molar-refractivity contribution in [3.8, 4) is 11.3 Å². The number of aliphatic hydroxyl groups is 1. The first kappa shape index (κ1) is 33.5. The molecule has 0 radical (unpaired) electrons. The minimum atomic E-state index is -4.50. The fourth-order valence-corrected chi connectivity index (χ4v) is 7.42. The summed E-state index contributed by atoms with van der Waals surface area (Å²) in [5, 5.41) is 16.2. The molecule has 1 fully saturated rings. The Morgan fingerprint density at radius 1 is 0.978 bits per heavy atom. The third-order valence-electron chi connectivity index (χ3n) is 7.88. The second-order valence-corrected chi connectivity index (χ2v) is 15.5. The quantitative estimate of drug-likeness (QED) is 0.351. The lowest BCUT2D eigenvalue weighted by Crippen LogP contribution is -2.49. The molecule has 3 heterocycles. The first-order chi connectivity index (χ1) is 21.0. The van der Waals surface area contributed by atoms with Crippen molar-refractivity contribution in [2.45, 2.75) is 31.8 Å². The lowest BCUT2D eigenvalue weighted by atomic mass is 10.0. The molecule has 0 amide bonds. The molecule has 246 valence electrons. The fraction of sp³-hybridized carbons (Fsp3) is 0.464. The van der Waals surface area contributed by atoms with Gasteiger partial charge in [0.1, 0.15) is 0 Å². The molecule has 2 aromatic carbocycles. The summed E-state index contributed by atoms with van der Waals surface area (Å²) in [5.74, 6) is 0. The molecule has 0 spiro atoms. The predicted octanol–water partition coefficient (Wildman–Crippen LogP) is 3.09. The lowest BCUT2D eigenvalue weighted by molar-refractivity contribution is -0.137. The van der Waals surface area contributed by atoms with E-state index in [1.807, 2.05) is 4.90 Å². The SMILES string of the molecule is CS(=O)(=O)Nc1cccc(Cl)c1N1CCN(CC(O)Cn2nc(-c3ccc(C(F)(F)F)cc3)c3c2CCN(S(C)(=O)=O)C3)CC1. The van der Waals surface area contributed by atoms with Crippen LogP contribution in [0.2, 0.25) is 5.02 Å². The van der Waals surface area contributed by atoms with Crippen molar-refractivity contribution >= 4 is 43.0 Å². The van der Waals surface area contributed by atoms with E-state index in [4.69, 9.17) is 11.6 Å². The van der Waals surface area contributed by atoms with Crippen molar-refractivity contribution in [3.05, 3.63) is 64.3 Å². The summed E-state index contributed by atoms with van der Waals surface area (Å²) in [4.78, 5) is 4.06. The maximum atomic E-state index is 13.2. The van der Waals surface area contributed by atoms with Gasteiger partial charge >= 0.3 is 6.18 Å². The number of para-hydroxylation sites is 1. The summed E-state index contributed by atoms with van der Waals surface area (Å²) in [6, 6.07) is 9.59. The van der Waals surface area contributed by atoms with Gasteiger partial charge in [0, 0.05) is 69.1 Å². The van der Waals surface area contributed by atoms with E-state index in [-0.39, 0.29) is 19.6 Å². The van der Waals surface area contributed by atoms with Crippen molar-refractivity contribution in [1.82, 2.24) is 19.0 Å². The minimum Gasteiger partial charge on any atom is -0.390 e. The molecule has 17 heteroatoms. The van der Waals surface area contributed by atoms with Crippen LogP contribution >= 0.6 is 11.6 Å². The number of alkyl halides is 3. The summed E-state index contributed by atoms with van der Waals surface area (Å²) in [6.07, 6.45) is -2.83. The van der Waals surface area contributed by atoms with Gasteiger partial charge in [0.05, 0.1) is 52.8 Å². The first-order valence-electron chi connectivity index (χ1n) is 14.1. The number of nitrogens with zero attached hydrogens (tertiary/aromatic N) is 5. The van der Waals surface area contributed by atoms with Gasteiger partial charge in [-0.2, -0.15) is 22.6 Å². The van der Waals surface area contributed by atoms with Gasteiger partial charge in [0.25, 0.3) is 0 Å². The van der Waals surface area contributed by atoms with Crippen molar-refractivity contribution in [2.24, 2.45) is 0 Å². The molecule has 1 saturated heterocycles. The highest BCUT2D eigenvalue weighted by Gasteiger charge is 2.33. The molecule has 1 aromatic heterocycles. The second-order valence-electron chi connectivity index (χ2n) is 11.3. The van der Waals surface area contributed by atoms with Gasteiger partial charge in [-0.25, -0.2) is 16.8 Å².